The summed E-state index contributed by atoms with van der Waals surface area (Å²) in [5.41, 5.74) is 1.82. The molecular weight excluding hydrogens is 446 g/mol. The third kappa shape index (κ3) is 6.09. The number of benzene rings is 2. The van der Waals surface area contributed by atoms with Crippen molar-refractivity contribution in [2.75, 3.05) is 32.0 Å². The Morgan fingerprint density at radius 3 is 2.50 bits per heavy atom. The highest BCUT2D eigenvalue weighted by atomic mass is 32.2. The molecule has 3 aromatic rings. The Kier molecular flexibility index (Phi) is 7.89. The third-order valence-electron chi connectivity index (χ3n) is 4.83. The van der Waals surface area contributed by atoms with Gasteiger partial charge in [0.2, 0.25) is 0 Å². The lowest BCUT2D eigenvalue weighted by atomic mass is 10.1. The molecule has 0 aliphatic rings. The van der Waals surface area contributed by atoms with Crippen LogP contribution in [0.5, 0.6) is 5.75 Å². The fraction of sp³-hybridized carbons (Fsp3) is 0.261. The van der Waals surface area contributed by atoms with Gasteiger partial charge >= 0.3 is 0 Å². The number of anilines is 1. The number of thiophene rings is 1. The highest BCUT2D eigenvalue weighted by Crippen LogP contribution is 2.22. The molecule has 9 heteroatoms. The van der Waals surface area contributed by atoms with E-state index < -0.39 is 10.0 Å². The molecule has 0 fully saturated rings. The number of rotatable bonds is 10. The van der Waals surface area contributed by atoms with Crippen LogP contribution in [0.4, 0.5) is 5.69 Å². The van der Waals surface area contributed by atoms with Crippen molar-refractivity contribution >= 4 is 33.0 Å². The van der Waals surface area contributed by atoms with Crippen LogP contribution in [0.2, 0.25) is 0 Å². The van der Waals surface area contributed by atoms with E-state index in [-0.39, 0.29) is 16.8 Å². The van der Waals surface area contributed by atoms with E-state index in [4.69, 9.17) is 4.74 Å². The molecular formula is C23H27N3O4S2. The summed E-state index contributed by atoms with van der Waals surface area (Å²) in [5, 5.41) is 7.01. The molecule has 0 bridgehead atoms. The van der Waals surface area contributed by atoms with Crippen molar-refractivity contribution in [2.24, 2.45) is 0 Å². The molecule has 1 aromatic heterocycles. The number of nitrogens with one attached hydrogen (secondary N) is 2. The lowest BCUT2D eigenvalue weighted by Crippen LogP contribution is -2.34. The first-order chi connectivity index (χ1) is 15.3. The zero-order valence-corrected chi connectivity index (χ0v) is 19.9. The summed E-state index contributed by atoms with van der Waals surface area (Å²) in [5.74, 6) is 0.331. The predicted molar refractivity (Wildman–Crippen MR) is 128 cm³/mol. The summed E-state index contributed by atoms with van der Waals surface area (Å²) in [7, 11) is 0.129. The second-order valence-corrected chi connectivity index (χ2v) is 9.80. The minimum atomic E-state index is -3.80. The number of ether oxygens (including phenoxy) is 1. The van der Waals surface area contributed by atoms with E-state index in [1.165, 1.54) is 18.2 Å². The number of carbonyl (C=O) groups is 1. The third-order valence-corrected chi connectivity index (χ3v) is 6.93. The number of likely N-dealkylation sites (N-methyl/N-ethyl adjacent to an activating group) is 1. The monoisotopic (exact) mass is 473 g/mol. The lowest BCUT2D eigenvalue weighted by Gasteiger charge is -2.24. The van der Waals surface area contributed by atoms with Crippen molar-refractivity contribution in [3.05, 3.63) is 76.5 Å². The number of hydrogen-bond donors (Lipinski definition) is 2. The normalized spacial score (nSPS) is 12.4. The van der Waals surface area contributed by atoms with Crippen molar-refractivity contribution in [1.29, 1.82) is 0 Å². The van der Waals surface area contributed by atoms with E-state index in [1.54, 1.807) is 41.7 Å². The summed E-state index contributed by atoms with van der Waals surface area (Å²) in [6, 6.07) is 14.7. The Morgan fingerprint density at radius 2 is 1.88 bits per heavy atom. The average Bonchev–Trinajstić information content (AvgIpc) is 3.28. The predicted octanol–water partition coefficient (Wildman–Crippen LogP) is 3.98. The Bertz CT molecular complexity index is 1130. The van der Waals surface area contributed by atoms with Crippen LogP contribution in [-0.4, -0.2) is 46.5 Å². The summed E-state index contributed by atoms with van der Waals surface area (Å²) in [6.07, 6.45) is 0. The molecule has 3 rings (SSSR count). The Hall–Kier alpha value is -2.88. The Balaban J connectivity index is 1.68. The van der Waals surface area contributed by atoms with E-state index in [1.807, 2.05) is 37.4 Å². The number of sulfonamides is 1. The van der Waals surface area contributed by atoms with Gasteiger partial charge in [-0.2, -0.15) is 11.3 Å². The van der Waals surface area contributed by atoms with Gasteiger partial charge in [-0.1, -0.05) is 6.07 Å². The number of carbonyl (C=O) groups excluding carboxylic acids is 1. The topological polar surface area (TPSA) is 87.7 Å². The molecule has 2 aromatic carbocycles. The van der Waals surface area contributed by atoms with Crippen LogP contribution in [0, 0.1) is 0 Å². The van der Waals surface area contributed by atoms with E-state index in [0.717, 1.165) is 5.56 Å². The zero-order valence-electron chi connectivity index (χ0n) is 18.2. The molecule has 32 heavy (non-hydrogen) atoms. The maximum Gasteiger partial charge on any atom is 0.261 e. The van der Waals surface area contributed by atoms with Crippen LogP contribution in [0.15, 0.2) is 70.3 Å². The van der Waals surface area contributed by atoms with E-state index in [0.29, 0.717) is 30.2 Å². The fourth-order valence-electron chi connectivity index (χ4n) is 3.17. The van der Waals surface area contributed by atoms with Crippen LogP contribution in [0.25, 0.3) is 0 Å². The number of hydrogen-bond acceptors (Lipinski definition) is 6. The summed E-state index contributed by atoms with van der Waals surface area (Å²) >= 11 is 1.61. The lowest BCUT2D eigenvalue weighted by molar-refractivity contribution is 0.0942. The molecule has 170 valence electrons. The van der Waals surface area contributed by atoms with Gasteiger partial charge in [0, 0.05) is 17.8 Å². The van der Waals surface area contributed by atoms with Gasteiger partial charge in [-0.05, 0) is 85.9 Å². The molecule has 0 saturated heterocycles. The molecule has 1 atom stereocenters. The van der Waals surface area contributed by atoms with Gasteiger partial charge in [-0.15, -0.1) is 0 Å². The quantitative estimate of drug-likeness (QED) is 0.465. The maximum absolute atomic E-state index is 12.7. The average molecular weight is 474 g/mol. The minimum absolute atomic E-state index is 0.0477. The largest absolute Gasteiger partial charge is 0.494 e. The molecule has 7 nitrogen and oxygen atoms in total. The maximum atomic E-state index is 12.7. The molecule has 1 heterocycles. The molecule has 1 unspecified atom stereocenters. The van der Waals surface area contributed by atoms with Crippen LogP contribution >= 0.6 is 11.3 Å². The highest BCUT2D eigenvalue weighted by Gasteiger charge is 2.18. The van der Waals surface area contributed by atoms with Crippen molar-refractivity contribution in [3.8, 4) is 5.75 Å². The zero-order chi connectivity index (χ0) is 23.1. The second kappa shape index (κ2) is 10.6. The first-order valence-corrected chi connectivity index (χ1v) is 12.5. The van der Waals surface area contributed by atoms with E-state index in [9.17, 15) is 13.2 Å². The van der Waals surface area contributed by atoms with Crippen LogP contribution in [-0.2, 0) is 10.0 Å². The van der Waals surface area contributed by atoms with Gasteiger partial charge < -0.3 is 15.0 Å². The van der Waals surface area contributed by atoms with Gasteiger partial charge in [0.15, 0.2) is 0 Å². The first-order valence-electron chi connectivity index (χ1n) is 10.1. The van der Waals surface area contributed by atoms with E-state index in [2.05, 4.69) is 15.4 Å². The fourth-order valence-corrected chi connectivity index (χ4v) is 4.93. The van der Waals surface area contributed by atoms with Gasteiger partial charge in [-0.25, -0.2) is 8.42 Å². The highest BCUT2D eigenvalue weighted by molar-refractivity contribution is 7.92. The number of amides is 1. The van der Waals surface area contributed by atoms with Gasteiger partial charge in [-0.3, -0.25) is 9.52 Å². The van der Waals surface area contributed by atoms with Crippen LogP contribution in [0.3, 0.4) is 0 Å². The Morgan fingerprint density at radius 1 is 1.12 bits per heavy atom. The summed E-state index contributed by atoms with van der Waals surface area (Å²) < 4.78 is 33.3. The van der Waals surface area contributed by atoms with Gasteiger partial charge in [0.1, 0.15) is 5.75 Å². The van der Waals surface area contributed by atoms with E-state index >= 15 is 0 Å². The molecule has 1 amide bonds. The van der Waals surface area contributed by atoms with Crippen LogP contribution in [0.1, 0.15) is 28.9 Å². The molecule has 0 radical (unpaired) electrons. The molecule has 2 N–H and O–H groups in total. The second-order valence-electron chi connectivity index (χ2n) is 7.34. The Labute approximate surface area is 193 Å². The van der Waals surface area contributed by atoms with Crippen LogP contribution < -0.4 is 14.8 Å². The van der Waals surface area contributed by atoms with Crippen molar-refractivity contribution in [1.82, 2.24) is 10.2 Å². The van der Waals surface area contributed by atoms with Gasteiger partial charge in [0.05, 0.1) is 17.5 Å². The van der Waals surface area contributed by atoms with Crippen molar-refractivity contribution in [3.63, 3.8) is 0 Å². The number of nitrogens with zero attached hydrogens (tertiary/aromatic N) is 1. The van der Waals surface area contributed by atoms with Crippen molar-refractivity contribution in [2.45, 2.75) is 17.9 Å². The molecule has 0 aliphatic carbocycles. The molecule has 0 spiro atoms. The SMILES string of the molecule is CCOc1ccc(S(=O)(=O)Nc2cccc(C(=O)NCC(c3ccsc3)N(C)C)c2)cc1. The first kappa shape index (κ1) is 23.8. The molecule has 0 aliphatic heterocycles. The summed E-state index contributed by atoms with van der Waals surface area (Å²) in [6.45, 7) is 2.80. The standard InChI is InChI=1S/C23H27N3O4S2/c1-4-30-20-8-10-21(11-9-20)32(28,29)25-19-7-5-6-17(14-19)23(27)24-15-22(26(2)3)18-12-13-31-16-18/h5-14,16,22,25H,4,15H2,1-3H3,(H,24,27). The smallest absolute Gasteiger partial charge is 0.261 e. The summed E-state index contributed by atoms with van der Waals surface area (Å²) in [4.78, 5) is 14.9. The van der Waals surface area contributed by atoms with Crippen molar-refractivity contribution < 1.29 is 17.9 Å². The molecule has 0 saturated carbocycles. The minimum Gasteiger partial charge on any atom is -0.494 e. The van der Waals surface area contributed by atoms with Gasteiger partial charge in [0.25, 0.3) is 15.9 Å².